The van der Waals surface area contributed by atoms with Crippen LogP contribution in [0.25, 0.3) is 0 Å². The molecule has 0 saturated carbocycles. The fraction of sp³-hybridized carbons (Fsp3) is 0.375. The van der Waals surface area contributed by atoms with Crippen LogP contribution >= 0.6 is 0 Å². The molecule has 0 unspecified atom stereocenters. The number of fused-ring (bicyclic) bond motifs is 1. The Hall–Kier alpha value is -2.10. The molecule has 2 aromatic rings. The highest BCUT2D eigenvalue weighted by Gasteiger charge is 2.15. The lowest BCUT2D eigenvalue weighted by Crippen LogP contribution is -2.23. The molecule has 0 amide bonds. The molecule has 0 spiro atoms. The Morgan fingerprint density at radius 3 is 2.70 bits per heavy atom. The zero-order valence-corrected chi connectivity index (χ0v) is 11.6. The number of H-pyrrole nitrogens is 1. The monoisotopic (exact) mass is 270 g/mol. The van der Waals surface area contributed by atoms with Crippen molar-refractivity contribution in [2.24, 2.45) is 0 Å². The molecule has 0 saturated heterocycles. The summed E-state index contributed by atoms with van der Waals surface area (Å²) in [5.41, 5.74) is 3.03. The van der Waals surface area contributed by atoms with E-state index >= 15 is 0 Å². The predicted octanol–water partition coefficient (Wildman–Crippen LogP) is 2.25. The van der Waals surface area contributed by atoms with Crippen LogP contribution in [0.2, 0.25) is 0 Å². The molecular formula is C16H18N2O2. The van der Waals surface area contributed by atoms with Crippen LogP contribution in [0.15, 0.2) is 29.1 Å². The SMILES string of the molecule is COc1ccc(Cc2nc3c(c(=O)[nH]2)CCCC3)cc1. The number of aryl methyl sites for hydroxylation is 1. The van der Waals surface area contributed by atoms with Crippen molar-refractivity contribution in [3.63, 3.8) is 0 Å². The highest BCUT2D eigenvalue weighted by molar-refractivity contribution is 5.29. The molecule has 0 fully saturated rings. The average Bonchev–Trinajstić information content (AvgIpc) is 2.48. The molecule has 0 aliphatic heterocycles. The maximum Gasteiger partial charge on any atom is 0.254 e. The molecule has 3 rings (SSSR count). The van der Waals surface area contributed by atoms with Gasteiger partial charge in [-0.2, -0.15) is 0 Å². The van der Waals surface area contributed by atoms with Crippen molar-refractivity contribution in [1.29, 1.82) is 0 Å². The summed E-state index contributed by atoms with van der Waals surface area (Å²) in [4.78, 5) is 19.6. The van der Waals surface area contributed by atoms with E-state index in [1.165, 1.54) is 0 Å². The van der Waals surface area contributed by atoms with Gasteiger partial charge in [-0.15, -0.1) is 0 Å². The number of aromatic nitrogens is 2. The molecule has 4 nitrogen and oxygen atoms in total. The highest BCUT2D eigenvalue weighted by Crippen LogP contribution is 2.17. The molecule has 0 bridgehead atoms. The number of hydrogen-bond acceptors (Lipinski definition) is 3. The predicted molar refractivity (Wildman–Crippen MR) is 77.3 cm³/mol. The van der Waals surface area contributed by atoms with Gasteiger partial charge in [-0.25, -0.2) is 4.98 Å². The quantitative estimate of drug-likeness (QED) is 0.930. The summed E-state index contributed by atoms with van der Waals surface area (Å²) in [6, 6.07) is 7.84. The number of hydrogen-bond donors (Lipinski definition) is 1. The molecule has 20 heavy (non-hydrogen) atoms. The third kappa shape index (κ3) is 2.59. The Morgan fingerprint density at radius 2 is 1.95 bits per heavy atom. The summed E-state index contributed by atoms with van der Waals surface area (Å²) in [6.07, 6.45) is 4.66. The Labute approximate surface area is 117 Å². The lowest BCUT2D eigenvalue weighted by atomic mass is 9.97. The number of rotatable bonds is 3. The summed E-state index contributed by atoms with van der Waals surface area (Å²) in [6.45, 7) is 0. The molecule has 0 radical (unpaired) electrons. The molecule has 1 aliphatic rings. The molecule has 1 N–H and O–H groups in total. The summed E-state index contributed by atoms with van der Waals surface area (Å²) < 4.78 is 5.14. The number of aromatic amines is 1. The van der Waals surface area contributed by atoms with Crippen LogP contribution in [0, 0.1) is 0 Å². The van der Waals surface area contributed by atoms with Crippen molar-refractivity contribution in [3.05, 3.63) is 57.3 Å². The van der Waals surface area contributed by atoms with Crippen molar-refractivity contribution in [1.82, 2.24) is 9.97 Å². The number of nitrogens with one attached hydrogen (secondary N) is 1. The third-order valence-electron chi connectivity index (χ3n) is 3.77. The van der Waals surface area contributed by atoms with Gasteiger partial charge in [0, 0.05) is 12.0 Å². The second-order valence-corrected chi connectivity index (χ2v) is 5.17. The molecule has 1 heterocycles. The van der Waals surface area contributed by atoms with Gasteiger partial charge < -0.3 is 9.72 Å². The minimum absolute atomic E-state index is 0.0400. The molecule has 4 heteroatoms. The van der Waals surface area contributed by atoms with Crippen LogP contribution < -0.4 is 10.3 Å². The first-order valence-corrected chi connectivity index (χ1v) is 7.00. The van der Waals surface area contributed by atoms with Crippen LogP contribution in [0.3, 0.4) is 0 Å². The number of benzene rings is 1. The van der Waals surface area contributed by atoms with E-state index in [1.54, 1.807) is 7.11 Å². The molecule has 0 atom stereocenters. The maximum atomic E-state index is 12.1. The van der Waals surface area contributed by atoms with Gasteiger partial charge in [-0.3, -0.25) is 4.79 Å². The minimum atomic E-state index is 0.0400. The van der Waals surface area contributed by atoms with Crippen LogP contribution in [0.5, 0.6) is 5.75 Å². The highest BCUT2D eigenvalue weighted by atomic mass is 16.5. The van der Waals surface area contributed by atoms with Gasteiger partial charge in [0.1, 0.15) is 11.6 Å². The van der Waals surface area contributed by atoms with Crippen molar-refractivity contribution in [2.45, 2.75) is 32.1 Å². The lowest BCUT2D eigenvalue weighted by Gasteiger charge is -2.14. The van der Waals surface area contributed by atoms with Gasteiger partial charge in [0.2, 0.25) is 0 Å². The maximum absolute atomic E-state index is 12.1. The van der Waals surface area contributed by atoms with E-state index in [2.05, 4.69) is 9.97 Å². The Morgan fingerprint density at radius 1 is 1.20 bits per heavy atom. The van der Waals surface area contributed by atoms with E-state index in [1.807, 2.05) is 24.3 Å². The standard InChI is InChI=1S/C16H18N2O2/c1-20-12-8-6-11(7-9-12)10-15-17-14-5-3-2-4-13(14)16(19)18-15/h6-9H,2-5,10H2,1H3,(H,17,18,19). The van der Waals surface area contributed by atoms with E-state index < -0.39 is 0 Å². The Bertz CT molecular complexity index is 659. The summed E-state index contributed by atoms with van der Waals surface area (Å²) in [5.74, 6) is 1.58. The van der Waals surface area contributed by atoms with E-state index in [0.717, 1.165) is 54.1 Å². The first-order chi connectivity index (χ1) is 9.76. The van der Waals surface area contributed by atoms with E-state index in [4.69, 9.17) is 4.74 Å². The third-order valence-corrected chi connectivity index (χ3v) is 3.77. The second kappa shape index (κ2) is 5.49. The van der Waals surface area contributed by atoms with Crippen molar-refractivity contribution >= 4 is 0 Å². The fourth-order valence-corrected chi connectivity index (χ4v) is 2.68. The van der Waals surface area contributed by atoms with Gasteiger partial charge in [-0.05, 0) is 43.4 Å². The van der Waals surface area contributed by atoms with Gasteiger partial charge in [-0.1, -0.05) is 12.1 Å². The molecular weight excluding hydrogens is 252 g/mol. The van der Waals surface area contributed by atoms with Crippen LogP contribution in [0.1, 0.15) is 35.5 Å². The number of ether oxygens (including phenoxy) is 1. The average molecular weight is 270 g/mol. The number of methoxy groups -OCH3 is 1. The zero-order valence-electron chi connectivity index (χ0n) is 11.6. The van der Waals surface area contributed by atoms with Crippen molar-refractivity contribution < 1.29 is 4.74 Å². The summed E-state index contributed by atoms with van der Waals surface area (Å²) >= 11 is 0. The van der Waals surface area contributed by atoms with Crippen LogP contribution in [-0.4, -0.2) is 17.1 Å². The minimum Gasteiger partial charge on any atom is -0.497 e. The first-order valence-electron chi connectivity index (χ1n) is 7.00. The Kier molecular flexibility index (Phi) is 3.54. The smallest absolute Gasteiger partial charge is 0.254 e. The van der Waals surface area contributed by atoms with Crippen molar-refractivity contribution in [2.75, 3.05) is 7.11 Å². The zero-order chi connectivity index (χ0) is 13.9. The van der Waals surface area contributed by atoms with Crippen LogP contribution in [0.4, 0.5) is 0 Å². The van der Waals surface area contributed by atoms with E-state index in [9.17, 15) is 4.79 Å². The first kappa shape index (κ1) is 12.9. The van der Waals surface area contributed by atoms with Gasteiger partial charge in [0.25, 0.3) is 5.56 Å². The normalized spacial score (nSPS) is 13.8. The topological polar surface area (TPSA) is 55.0 Å². The largest absolute Gasteiger partial charge is 0.497 e. The van der Waals surface area contributed by atoms with Gasteiger partial charge in [0.15, 0.2) is 0 Å². The lowest BCUT2D eigenvalue weighted by molar-refractivity contribution is 0.414. The summed E-state index contributed by atoms with van der Waals surface area (Å²) in [5, 5.41) is 0. The van der Waals surface area contributed by atoms with Gasteiger partial charge >= 0.3 is 0 Å². The molecule has 104 valence electrons. The van der Waals surface area contributed by atoms with Crippen molar-refractivity contribution in [3.8, 4) is 5.75 Å². The molecule has 1 aromatic carbocycles. The number of nitrogens with zero attached hydrogens (tertiary/aromatic N) is 1. The van der Waals surface area contributed by atoms with Crippen LogP contribution in [-0.2, 0) is 19.3 Å². The van der Waals surface area contributed by atoms with E-state index in [-0.39, 0.29) is 5.56 Å². The Balaban J connectivity index is 1.87. The van der Waals surface area contributed by atoms with E-state index in [0.29, 0.717) is 6.42 Å². The fourth-order valence-electron chi connectivity index (χ4n) is 2.68. The second-order valence-electron chi connectivity index (χ2n) is 5.17. The molecule has 1 aliphatic carbocycles. The van der Waals surface area contributed by atoms with Gasteiger partial charge in [0.05, 0.1) is 12.8 Å². The molecule has 1 aromatic heterocycles. The summed E-state index contributed by atoms with van der Waals surface area (Å²) in [7, 11) is 1.65.